The fraction of sp³-hybridized carbons (Fsp3) is 0.417. The van der Waals surface area contributed by atoms with Crippen LogP contribution in [0.4, 0.5) is 13.2 Å². The Kier molecular flexibility index (Phi) is 5.31. The highest BCUT2D eigenvalue weighted by Crippen LogP contribution is 2.19. The Bertz CT molecular complexity index is 731. The molecule has 0 aliphatic heterocycles. The van der Waals surface area contributed by atoms with Crippen molar-refractivity contribution in [3.8, 4) is 11.4 Å². The van der Waals surface area contributed by atoms with Crippen molar-refractivity contribution in [1.82, 2.24) is 24.5 Å². The van der Waals surface area contributed by atoms with E-state index in [1.54, 1.807) is 12.3 Å². The van der Waals surface area contributed by atoms with Gasteiger partial charge in [0.25, 0.3) is 0 Å². The van der Waals surface area contributed by atoms with E-state index >= 15 is 0 Å². The molecule has 2 rings (SSSR count). The highest BCUT2D eigenvalue weighted by molar-refractivity contribution is 7.89. The molecule has 0 aromatic carbocycles. The molecule has 1 N–H and O–H groups in total. The molecule has 0 amide bonds. The summed E-state index contributed by atoms with van der Waals surface area (Å²) in [6.45, 7) is 0.132. The number of alkyl halides is 3. The number of hydrogen-bond donors (Lipinski definition) is 1. The van der Waals surface area contributed by atoms with E-state index in [4.69, 9.17) is 0 Å². The van der Waals surface area contributed by atoms with Gasteiger partial charge in [0.1, 0.15) is 11.4 Å². The number of aromatic nitrogens is 4. The van der Waals surface area contributed by atoms with Gasteiger partial charge in [-0.2, -0.15) is 18.3 Å². The van der Waals surface area contributed by atoms with E-state index in [2.05, 4.69) is 19.8 Å². The summed E-state index contributed by atoms with van der Waals surface area (Å²) >= 11 is 0. The van der Waals surface area contributed by atoms with E-state index in [0.717, 1.165) is 0 Å². The average molecular weight is 349 g/mol. The van der Waals surface area contributed by atoms with Crippen molar-refractivity contribution in [2.45, 2.75) is 19.1 Å². The van der Waals surface area contributed by atoms with Crippen LogP contribution in [-0.4, -0.2) is 46.6 Å². The minimum atomic E-state index is -4.50. The van der Waals surface area contributed by atoms with Crippen molar-refractivity contribution < 1.29 is 21.6 Å². The molecule has 0 saturated carbocycles. The van der Waals surface area contributed by atoms with Crippen LogP contribution < -0.4 is 4.72 Å². The Morgan fingerprint density at radius 3 is 2.65 bits per heavy atom. The van der Waals surface area contributed by atoms with Crippen molar-refractivity contribution in [1.29, 1.82) is 0 Å². The summed E-state index contributed by atoms with van der Waals surface area (Å²) in [6.07, 6.45) is 0.323. The molecule has 126 valence electrons. The number of nitrogens with one attached hydrogen (secondary N) is 1. The fourth-order valence-electron chi connectivity index (χ4n) is 1.69. The van der Waals surface area contributed by atoms with Crippen molar-refractivity contribution in [3.63, 3.8) is 0 Å². The molecule has 0 spiro atoms. The molecule has 2 heterocycles. The lowest BCUT2D eigenvalue weighted by Crippen LogP contribution is -2.31. The maximum atomic E-state index is 12.0. The molecule has 11 heteroatoms. The molecule has 2 aromatic heterocycles. The molecule has 2 aromatic rings. The Hall–Kier alpha value is -2.01. The molecule has 0 atom stereocenters. The molecule has 0 unspecified atom stereocenters. The third kappa shape index (κ3) is 5.94. The van der Waals surface area contributed by atoms with Crippen LogP contribution in [0, 0.1) is 0 Å². The molecule has 23 heavy (non-hydrogen) atoms. The summed E-state index contributed by atoms with van der Waals surface area (Å²) in [5.41, 5.74) is 1.13. The van der Waals surface area contributed by atoms with Crippen molar-refractivity contribution in [2.24, 2.45) is 0 Å². The van der Waals surface area contributed by atoms with E-state index in [0.29, 0.717) is 11.4 Å². The number of rotatable bonds is 7. The minimum absolute atomic E-state index is 0.0538. The Labute approximate surface area is 130 Å². The van der Waals surface area contributed by atoms with Crippen molar-refractivity contribution in [2.75, 3.05) is 12.3 Å². The average Bonchev–Trinajstić information content (AvgIpc) is 2.94. The maximum absolute atomic E-state index is 12.0. The van der Waals surface area contributed by atoms with Gasteiger partial charge in [0.15, 0.2) is 0 Å². The maximum Gasteiger partial charge on any atom is 0.390 e. The first kappa shape index (κ1) is 17.3. The molecule has 0 aliphatic rings. The van der Waals surface area contributed by atoms with Gasteiger partial charge in [-0.25, -0.2) is 13.1 Å². The van der Waals surface area contributed by atoms with Gasteiger partial charge in [0.05, 0.1) is 24.9 Å². The van der Waals surface area contributed by atoms with Crippen LogP contribution in [0.5, 0.6) is 0 Å². The van der Waals surface area contributed by atoms with Gasteiger partial charge in [0, 0.05) is 25.1 Å². The van der Waals surface area contributed by atoms with E-state index in [1.165, 1.54) is 23.3 Å². The quantitative estimate of drug-likeness (QED) is 0.812. The van der Waals surface area contributed by atoms with Gasteiger partial charge in [-0.05, 0) is 6.07 Å². The zero-order chi connectivity index (χ0) is 16.9. The van der Waals surface area contributed by atoms with Gasteiger partial charge in [-0.15, -0.1) is 0 Å². The zero-order valence-corrected chi connectivity index (χ0v) is 12.7. The molecule has 0 bridgehead atoms. The van der Waals surface area contributed by atoms with Crippen molar-refractivity contribution in [3.05, 3.63) is 30.9 Å². The molecular formula is C12H14F3N5O2S. The van der Waals surface area contributed by atoms with Crippen LogP contribution in [0.2, 0.25) is 0 Å². The second kappa shape index (κ2) is 7.04. The monoisotopic (exact) mass is 349 g/mol. The number of halogens is 3. The Balaban J connectivity index is 1.84. The number of hydrogen-bond acceptors (Lipinski definition) is 5. The van der Waals surface area contributed by atoms with Gasteiger partial charge in [0.2, 0.25) is 10.0 Å². The van der Waals surface area contributed by atoms with Crippen molar-refractivity contribution >= 4 is 10.0 Å². The van der Waals surface area contributed by atoms with E-state index in [1.807, 2.05) is 0 Å². The second-order valence-corrected chi connectivity index (χ2v) is 6.56. The summed E-state index contributed by atoms with van der Waals surface area (Å²) in [4.78, 5) is 7.98. The third-order valence-corrected chi connectivity index (χ3v) is 4.17. The van der Waals surface area contributed by atoms with E-state index in [9.17, 15) is 21.6 Å². The lowest BCUT2D eigenvalue weighted by Gasteiger charge is -2.08. The third-order valence-electron chi connectivity index (χ3n) is 2.78. The summed E-state index contributed by atoms with van der Waals surface area (Å²) in [6, 6.07) is 1.68. The standard InChI is InChI=1S/C12H14F3N5O2S/c13-12(14,15)2-8-23(21,22)18-5-7-20-6-1-10(19-20)11-9-16-3-4-17-11/h1,3-4,6,9,18H,2,5,7-8H2. The lowest BCUT2D eigenvalue weighted by molar-refractivity contribution is -0.129. The lowest BCUT2D eigenvalue weighted by atomic mass is 10.3. The topological polar surface area (TPSA) is 89.8 Å². The molecule has 0 fully saturated rings. The summed E-state index contributed by atoms with van der Waals surface area (Å²) in [7, 11) is -3.96. The van der Waals surface area contributed by atoms with Crippen LogP contribution in [0.1, 0.15) is 6.42 Å². The van der Waals surface area contributed by atoms with Crippen LogP contribution in [0.25, 0.3) is 11.4 Å². The van der Waals surface area contributed by atoms with Crippen LogP contribution in [0.3, 0.4) is 0 Å². The van der Waals surface area contributed by atoms with E-state index < -0.39 is 28.4 Å². The van der Waals surface area contributed by atoms with Gasteiger partial charge in [-0.3, -0.25) is 14.6 Å². The first-order valence-corrected chi connectivity index (χ1v) is 8.24. The summed E-state index contributed by atoms with van der Waals surface area (Å²) in [5.74, 6) is -0.986. The first-order chi connectivity index (χ1) is 10.8. The second-order valence-electron chi connectivity index (χ2n) is 4.63. The highest BCUT2D eigenvalue weighted by Gasteiger charge is 2.29. The van der Waals surface area contributed by atoms with Crippen LogP contribution in [0.15, 0.2) is 30.9 Å². The number of sulfonamides is 1. The molecule has 0 aliphatic carbocycles. The SMILES string of the molecule is O=S(=O)(CCC(F)(F)F)NCCn1ccc(-c2cnccn2)n1. The van der Waals surface area contributed by atoms with Gasteiger partial charge >= 0.3 is 6.18 Å². The van der Waals surface area contributed by atoms with Gasteiger partial charge < -0.3 is 0 Å². The van der Waals surface area contributed by atoms with E-state index in [-0.39, 0.29) is 13.1 Å². The molecule has 0 radical (unpaired) electrons. The van der Waals surface area contributed by atoms with Crippen LogP contribution >= 0.6 is 0 Å². The number of nitrogens with zero attached hydrogens (tertiary/aromatic N) is 4. The van der Waals surface area contributed by atoms with Crippen LogP contribution in [-0.2, 0) is 16.6 Å². The summed E-state index contributed by atoms with van der Waals surface area (Å²) in [5, 5.41) is 4.18. The Morgan fingerprint density at radius 2 is 2.00 bits per heavy atom. The fourth-order valence-corrected chi connectivity index (χ4v) is 2.74. The Morgan fingerprint density at radius 1 is 1.22 bits per heavy atom. The minimum Gasteiger partial charge on any atom is -0.271 e. The highest BCUT2D eigenvalue weighted by atomic mass is 32.2. The molecule has 7 nitrogen and oxygen atoms in total. The smallest absolute Gasteiger partial charge is 0.271 e. The molecule has 0 saturated heterocycles. The predicted octanol–water partition coefficient (Wildman–Crippen LogP) is 1.21. The summed E-state index contributed by atoms with van der Waals surface area (Å²) < 4.78 is 62.5. The zero-order valence-electron chi connectivity index (χ0n) is 11.9. The molecular weight excluding hydrogens is 335 g/mol. The predicted molar refractivity (Wildman–Crippen MR) is 75.7 cm³/mol. The largest absolute Gasteiger partial charge is 0.390 e. The normalized spacial score (nSPS) is 12.5. The van der Waals surface area contributed by atoms with Gasteiger partial charge in [-0.1, -0.05) is 0 Å². The first-order valence-electron chi connectivity index (χ1n) is 6.59.